The van der Waals surface area contributed by atoms with E-state index in [0.29, 0.717) is 0 Å². The third kappa shape index (κ3) is 14.4. The van der Waals surface area contributed by atoms with Crippen molar-refractivity contribution in [1.29, 1.82) is 0 Å². The molecule has 116 valence electrons. The van der Waals surface area contributed by atoms with Crippen molar-refractivity contribution in [3.05, 3.63) is 0 Å². The van der Waals surface area contributed by atoms with E-state index in [4.69, 9.17) is 0 Å². The molecule has 1 aliphatic rings. The van der Waals surface area contributed by atoms with Gasteiger partial charge in [-0.3, -0.25) is 4.39 Å². The van der Waals surface area contributed by atoms with Crippen molar-refractivity contribution in [1.82, 2.24) is 0 Å². The minimum atomic E-state index is -6.90. The van der Waals surface area contributed by atoms with Crippen LogP contribution >= 0.6 is 0 Å². The van der Waals surface area contributed by atoms with Crippen LogP contribution in [0.15, 0.2) is 0 Å². The molecule has 0 bridgehead atoms. The van der Waals surface area contributed by atoms with Crippen LogP contribution < -0.4 is 0 Å². The van der Waals surface area contributed by atoms with Gasteiger partial charge in [-0.25, -0.2) is 8.78 Å². The van der Waals surface area contributed by atoms with E-state index in [1.54, 1.807) is 0 Å². The van der Waals surface area contributed by atoms with Crippen molar-refractivity contribution in [3.63, 3.8) is 0 Å². The van der Waals surface area contributed by atoms with E-state index in [0.717, 1.165) is 12.8 Å². The Balaban J connectivity index is 0.000000362. The summed E-state index contributed by atoms with van der Waals surface area (Å²) in [5.41, 5.74) is 0. The Morgan fingerprint density at radius 2 is 1.74 bits per heavy atom. The van der Waals surface area contributed by atoms with Crippen molar-refractivity contribution in [2.24, 2.45) is 5.92 Å². The SMILES string of the molecule is FCCCC(F)(F)CC1CC1.FOO[O][Sn]([F])([F])[F]. The van der Waals surface area contributed by atoms with E-state index >= 15 is 0 Å². The number of hydrogen-bond donors (Lipinski definition) is 0. The van der Waals surface area contributed by atoms with Crippen LogP contribution in [0.3, 0.4) is 0 Å². The summed E-state index contributed by atoms with van der Waals surface area (Å²) in [7, 11) is 0. The first-order valence-corrected chi connectivity index (χ1v) is 9.74. The van der Waals surface area contributed by atoms with E-state index in [9.17, 15) is 26.3 Å². The predicted molar refractivity (Wildman–Crippen MR) is 50.9 cm³/mol. The van der Waals surface area contributed by atoms with Gasteiger partial charge in [-0.15, -0.1) is 0 Å². The molecule has 0 saturated heterocycles. The molecule has 0 aliphatic heterocycles. The normalized spacial score (nSPS) is 15.9. The molecule has 0 atom stereocenters. The second-order valence-electron chi connectivity index (χ2n) is 3.96. The molecule has 0 radical (unpaired) electrons. The molecule has 0 amide bonds. The van der Waals surface area contributed by atoms with Crippen LogP contribution in [-0.4, -0.2) is 33.1 Å². The van der Waals surface area contributed by atoms with Crippen LogP contribution in [0.2, 0.25) is 0 Å². The van der Waals surface area contributed by atoms with Crippen LogP contribution in [0.4, 0.5) is 26.3 Å². The van der Waals surface area contributed by atoms with Crippen LogP contribution in [0, 0.1) is 5.92 Å². The summed E-state index contributed by atoms with van der Waals surface area (Å²) in [5.74, 6) is -2.38. The molecule has 0 aromatic heterocycles. The van der Waals surface area contributed by atoms with Gasteiger partial charge >= 0.3 is 47.0 Å². The fourth-order valence-electron chi connectivity index (χ4n) is 1.22. The van der Waals surface area contributed by atoms with E-state index in [1.807, 2.05) is 5.09 Å². The maximum atomic E-state index is 12.7. The fraction of sp³-hybridized carbons (Fsp3) is 1.00. The Hall–Kier alpha value is 0.189. The molecule has 11 heteroatoms. The monoisotopic (exact) mass is 410 g/mol. The van der Waals surface area contributed by atoms with Gasteiger partial charge < -0.3 is 0 Å². The van der Waals surface area contributed by atoms with Crippen LogP contribution in [0.5, 0.6) is 0 Å². The van der Waals surface area contributed by atoms with Gasteiger partial charge in [-0.2, -0.15) is 0 Å². The molecular weight excluding hydrogens is 396 g/mol. The molecule has 1 fully saturated rings. The van der Waals surface area contributed by atoms with Gasteiger partial charge in [0.2, 0.25) is 5.92 Å². The van der Waals surface area contributed by atoms with Crippen LogP contribution in [-0.2, 0) is 13.4 Å². The average Bonchev–Trinajstić information content (AvgIpc) is 3.07. The van der Waals surface area contributed by atoms with E-state index in [-0.39, 0.29) is 25.2 Å². The van der Waals surface area contributed by atoms with Gasteiger partial charge in [0.25, 0.3) is 0 Å². The number of hydrogen-bond acceptors (Lipinski definition) is 3. The third-order valence-electron chi connectivity index (χ3n) is 2.11. The molecular formula is C8H13F7O3Sn. The molecule has 0 heterocycles. The zero-order valence-electron chi connectivity index (χ0n) is 9.69. The predicted octanol–water partition coefficient (Wildman–Crippen LogP) is 4.27. The van der Waals surface area contributed by atoms with E-state index < -0.39 is 33.1 Å². The van der Waals surface area contributed by atoms with Crippen molar-refractivity contribution >= 4 is 20.5 Å². The van der Waals surface area contributed by atoms with Gasteiger partial charge in [-0.1, -0.05) is 0 Å². The Morgan fingerprint density at radius 1 is 1.16 bits per heavy atom. The van der Waals surface area contributed by atoms with Crippen molar-refractivity contribution in [2.45, 2.75) is 38.0 Å². The Labute approximate surface area is 111 Å². The number of alkyl halides is 3. The summed E-state index contributed by atoms with van der Waals surface area (Å²) in [5, 5.41) is 4.53. The molecule has 3 nitrogen and oxygen atoms in total. The molecule has 1 aliphatic carbocycles. The summed E-state index contributed by atoms with van der Waals surface area (Å²) in [6, 6.07) is 0. The number of rotatable bonds is 8. The standard InChI is InChI=1S/C8H13F3.FHO3.3FH.Sn/c9-5-1-4-8(10,11)6-7-2-3-7;1-3-4-2;;;;/h7H,1-6H2;2H;3*1H;/q;;;;;+4/p-4. The van der Waals surface area contributed by atoms with Crippen LogP contribution in [0.25, 0.3) is 0 Å². The summed E-state index contributed by atoms with van der Waals surface area (Å²) in [4.78, 5) is 0. The average molecular weight is 409 g/mol. The molecule has 1 rings (SSSR count). The van der Waals surface area contributed by atoms with Gasteiger partial charge in [0.15, 0.2) is 0 Å². The minimum absolute atomic E-state index is 0.000278. The fourth-order valence-corrected chi connectivity index (χ4v) is 1.52. The second-order valence-corrected chi connectivity index (χ2v) is 6.98. The summed E-state index contributed by atoms with van der Waals surface area (Å²) in [6.07, 6.45) is 1.57. The van der Waals surface area contributed by atoms with Crippen molar-refractivity contribution in [2.75, 3.05) is 6.67 Å². The third-order valence-corrected chi connectivity index (χ3v) is 2.85. The zero-order valence-corrected chi connectivity index (χ0v) is 12.5. The second kappa shape index (κ2) is 9.18. The first kappa shape index (κ1) is 19.2. The summed E-state index contributed by atoms with van der Waals surface area (Å²) >= 11 is -6.90. The molecule has 0 spiro atoms. The molecule has 0 unspecified atom stereocenters. The van der Waals surface area contributed by atoms with Gasteiger partial charge in [0.05, 0.1) is 6.67 Å². The quantitative estimate of drug-likeness (QED) is 0.260. The van der Waals surface area contributed by atoms with Gasteiger partial charge in [-0.05, 0) is 25.2 Å². The Kier molecular flexibility index (Phi) is 9.28. The van der Waals surface area contributed by atoms with Gasteiger partial charge in [0, 0.05) is 12.8 Å². The van der Waals surface area contributed by atoms with E-state index in [2.05, 4.69) is 8.26 Å². The Morgan fingerprint density at radius 3 is 2.05 bits per heavy atom. The molecule has 0 aromatic rings. The van der Waals surface area contributed by atoms with Gasteiger partial charge in [0.1, 0.15) is 0 Å². The topological polar surface area (TPSA) is 27.7 Å². The summed E-state index contributed by atoms with van der Waals surface area (Å²) in [6.45, 7) is -0.625. The number of halogens is 7. The molecule has 19 heavy (non-hydrogen) atoms. The zero-order chi connectivity index (χ0) is 14.9. The Bertz CT molecular complexity index is 235. The van der Waals surface area contributed by atoms with Crippen molar-refractivity contribution < 1.29 is 39.7 Å². The maximum absolute atomic E-state index is 12.7. The summed E-state index contributed by atoms with van der Waals surface area (Å²) < 4.78 is 82.3. The van der Waals surface area contributed by atoms with Crippen molar-refractivity contribution in [3.8, 4) is 0 Å². The first-order chi connectivity index (χ1) is 8.70. The first-order valence-electron chi connectivity index (χ1n) is 5.34. The van der Waals surface area contributed by atoms with E-state index in [1.165, 1.54) is 0 Å². The van der Waals surface area contributed by atoms with Crippen LogP contribution in [0.1, 0.15) is 32.1 Å². The molecule has 0 N–H and O–H groups in total. The molecule has 0 aromatic carbocycles. The molecule has 1 saturated carbocycles.